The average molecular weight is 383 g/mol. The first kappa shape index (κ1) is 21.5. The van der Waals surface area contributed by atoms with Gasteiger partial charge in [0.1, 0.15) is 11.4 Å². The predicted molar refractivity (Wildman–Crippen MR) is 112 cm³/mol. The number of aliphatic hydroxyl groups is 1. The molecule has 0 aliphatic carbocycles. The number of carbonyl (C=O) groups is 1. The van der Waals surface area contributed by atoms with Crippen molar-refractivity contribution in [1.82, 2.24) is 0 Å². The molecule has 5 heteroatoms. The second-order valence-electron chi connectivity index (χ2n) is 7.57. The fourth-order valence-electron chi connectivity index (χ4n) is 2.71. The van der Waals surface area contributed by atoms with Gasteiger partial charge >= 0.3 is 6.09 Å². The molecular formula is C23H29NO4. The summed E-state index contributed by atoms with van der Waals surface area (Å²) in [5.41, 5.74) is 0.981. The number of hydrogen-bond donors (Lipinski definition) is 1. The van der Waals surface area contributed by atoms with Gasteiger partial charge in [0.2, 0.25) is 0 Å². The van der Waals surface area contributed by atoms with E-state index in [1.165, 1.54) is 4.90 Å². The minimum atomic E-state index is -0.626. The second kappa shape index (κ2) is 9.42. The van der Waals surface area contributed by atoms with Gasteiger partial charge in [0.15, 0.2) is 0 Å². The summed E-state index contributed by atoms with van der Waals surface area (Å²) in [6.45, 7) is 7.20. The monoisotopic (exact) mass is 383 g/mol. The molecule has 1 N–H and O–H groups in total. The minimum absolute atomic E-state index is 0.260. The van der Waals surface area contributed by atoms with Crippen molar-refractivity contribution in [3.05, 3.63) is 72.4 Å². The lowest BCUT2D eigenvalue weighted by atomic mass is 9.94. The Labute approximate surface area is 167 Å². The Morgan fingerprint density at radius 3 is 2.18 bits per heavy atom. The summed E-state index contributed by atoms with van der Waals surface area (Å²) in [4.78, 5) is 14.2. The number of aliphatic hydroxyl groups excluding tert-OH is 1. The van der Waals surface area contributed by atoms with E-state index in [9.17, 15) is 9.90 Å². The van der Waals surface area contributed by atoms with E-state index in [1.54, 1.807) is 44.5 Å². The van der Waals surface area contributed by atoms with Crippen LogP contribution in [0.3, 0.4) is 0 Å². The molecule has 0 spiro atoms. The Hall–Kier alpha value is -2.79. The van der Waals surface area contributed by atoms with E-state index in [1.807, 2.05) is 57.2 Å². The van der Waals surface area contributed by atoms with Crippen molar-refractivity contribution >= 4 is 11.8 Å². The maximum absolute atomic E-state index is 12.8. The van der Waals surface area contributed by atoms with Crippen LogP contribution < -0.4 is 9.64 Å². The Kier molecular flexibility index (Phi) is 7.24. The number of methoxy groups -OCH3 is 1. The number of carbonyl (C=O) groups excluding carboxylic acids is 1. The average Bonchev–Trinajstić information content (AvgIpc) is 2.64. The van der Waals surface area contributed by atoms with E-state index in [2.05, 4.69) is 0 Å². The number of ether oxygens (including phenoxy) is 2. The summed E-state index contributed by atoms with van der Waals surface area (Å²) < 4.78 is 10.7. The molecule has 2 aromatic carbocycles. The Morgan fingerprint density at radius 2 is 1.68 bits per heavy atom. The number of anilines is 1. The number of benzene rings is 2. The second-order valence-corrected chi connectivity index (χ2v) is 7.57. The molecule has 0 radical (unpaired) electrons. The maximum Gasteiger partial charge on any atom is 0.418 e. The fourth-order valence-corrected chi connectivity index (χ4v) is 2.71. The molecule has 0 bridgehead atoms. The van der Waals surface area contributed by atoms with Crippen molar-refractivity contribution in [3.8, 4) is 5.75 Å². The van der Waals surface area contributed by atoms with E-state index in [0.29, 0.717) is 11.4 Å². The highest BCUT2D eigenvalue weighted by Crippen LogP contribution is 2.25. The molecule has 2 atom stereocenters. The highest BCUT2D eigenvalue weighted by Gasteiger charge is 2.23. The zero-order valence-corrected chi connectivity index (χ0v) is 17.1. The molecule has 0 heterocycles. The number of rotatable bonds is 6. The van der Waals surface area contributed by atoms with Gasteiger partial charge in [0, 0.05) is 12.1 Å². The lowest BCUT2D eigenvalue weighted by molar-refractivity contribution is 0.0596. The predicted octanol–water partition coefficient (Wildman–Crippen LogP) is 5.12. The molecule has 0 aliphatic rings. The molecular weight excluding hydrogens is 354 g/mol. The first-order chi connectivity index (χ1) is 13.2. The maximum atomic E-state index is 12.8. The first-order valence-electron chi connectivity index (χ1n) is 9.29. The highest BCUT2D eigenvalue weighted by atomic mass is 16.6. The number of nitrogens with zero attached hydrogens (tertiary/aromatic N) is 1. The molecule has 5 nitrogen and oxygen atoms in total. The number of hydrogen-bond acceptors (Lipinski definition) is 4. The van der Waals surface area contributed by atoms with Crippen LogP contribution >= 0.6 is 0 Å². The van der Waals surface area contributed by atoms with Crippen LogP contribution in [0.2, 0.25) is 0 Å². The molecule has 1 amide bonds. The highest BCUT2D eigenvalue weighted by molar-refractivity contribution is 5.90. The minimum Gasteiger partial charge on any atom is -0.497 e. The quantitative estimate of drug-likeness (QED) is 0.753. The van der Waals surface area contributed by atoms with Crippen molar-refractivity contribution < 1.29 is 19.4 Å². The van der Waals surface area contributed by atoms with Gasteiger partial charge in [-0.1, -0.05) is 36.4 Å². The zero-order valence-electron chi connectivity index (χ0n) is 17.1. The molecule has 0 saturated carbocycles. The lowest BCUT2D eigenvalue weighted by Crippen LogP contribution is -2.33. The van der Waals surface area contributed by atoms with Crippen molar-refractivity contribution in [2.24, 2.45) is 0 Å². The van der Waals surface area contributed by atoms with Gasteiger partial charge in [-0.3, -0.25) is 4.90 Å². The molecule has 0 saturated heterocycles. The van der Waals surface area contributed by atoms with Gasteiger partial charge in [-0.25, -0.2) is 4.79 Å². The van der Waals surface area contributed by atoms with Crippen LogP contribution in [0.5, 0.6) is 5.75 Å². The van der Waals surface area contributed by atoms with Crippen LogP contribution in [0.1, 0.15) is 39.2 Å². The van der Waals surface area contributed by atoms with E-state index in [4.69, 9.17) is 9.47 Å². The molecule has 2 unspecified atom stereocenters. The third kappa shape index (κ3) is 6.13. The normalized spacial score (nSPS) is 13.8. The summed E-state index contributed by atoms with van der Waals surface area (Å²) in [5.74, 6) is 0.437. The fraction of sp³-hybridized carbons (Fsp3) is 0.348. The van der Waals surface area contributed by atoms with E-state index >= 15 is 0 Å². The van der Waals surface area contributed by atoms with Gasteiger partial charge < -0.3 is 14.6 Å². The van der Waals surface area contributed by atoms with Crippen LogP contribution in [0.4, 0.5) is 10.5 Å². The largest absolute Gasteiger partial charge is 0.497 e. The van der Waals surface area contributed by atoms with E-state index in [-0.39, 0.29) is 5.92 Å². The first-order valence-corrected chi connectivity index (χ1v) is 9.29. The summed E-state index contributed by atoms with van der Waals surface area (Å²) >= 11 is 0. The number of amides is 1. The zero-order chi connectivity index (χ0) is 20.7. The van der Waals surface area contributed by atoms with Crippen LogP contribution in [-0.2, 0) is 4.74 Å². The third-order valence-electron chi connectivity index (χ3n) is 4.09. The Balaban J connectivity index is 2.36. The lowest BCUT2D eigenvalue weighted by Gasteiger charge is -2.26. The molecule has 0 aromatic heterocycles. The van der Waals surface area contributed by atoms with Crippen molar-refractivity contribution in [2.45, 2.75) is 45.3 Å². The van der Waals surface area contributed by atoms with Gasteiger partial charge in [-0.05, 0) is 57.5 Å². The topological polar surface area (TPSA) is 59.0 Å². The Morgan fingerprint density at radius 1 is 1.07 bits per heavy atom. The molecule has 28 heavy (non-hydrogen) atoms. The van der Waals surface area contributed by atoms with E-state index in [0.717, 1.165) is 5.56 Å². The Bertz CT molecular complexity index is 776. The molecule has 150 valence electrons. The van der Waals surface area contributed by atoms with Gasteiger partial charge in [-0.15, -0.1) is 0 Å². The van der Waals surface area contributed by atoms with Crippen molar-refractivity contribution in [2.75, 3.05) is 12.0 Å². The van der Waals surface area contributed by atoms with E-state index < -0.39 is 17.8 Å². The summed E-state index contributed by atoms with van der Waals surface area (Å²) in [7, 11) is 1.59. The van der Waals surface area contributed by atoms with Crippen LogP contribution in [0.25, 0.3) is 0 Å². The SMILES string of the molecule is COc1ccc(N(/C=C\C(c2ccccc2)C(C)O)C(=O)OC(C)(C)C)cc1. The molecule has 0 aliphatic heterocycles. The molecule has 0 fully saturated rings. The summed E-state index contributed by atoms with van der Waals surface area (Å²) in [6, 6.07) is 16.8. The van der Waals surface area contributed by atoms with Crippen LogP contribution in [-0.4, -0.2) is 30.0 Å². The van der Waals surface area contributed by atoms with Crippen molar-refractivity contribution in [3.63, 3.8) is 0 Å². The van der Waals surface area contributed by atoms with Gasteiger partial charge in [0.25, 0.3) is 0 Å². The van der Waals surface area contributed by atoms with Gasteiger partial charge in [0.05, 0.1) is 18.9 Å². The standard InChI is InChI=1S/C23H29NO4/c1-17(25)21(18-9-7-6-8-10-18)15-16-24(22(26)28-23(2,3)4)19-11-13-20(27-5)14-12-19/h6-17,21,25H,1-5H3/b16-15-. The van der Waals surface area contributed by atoms with Crippen molar-refractivity contribution in [1.29, 1.82) is 0 Å². The van der Waals surface area contributed by atoms with Crippen LogP contribution in [0.15, 0.2) is 66.9 Å². The smallest absolute Gasteiger partial charge is 0.418 e. The molecule has 2 aromatic rings. The third-order valence-corrected chi connectivity index (χ3v) is 4.09. The summed E-state index contributed by atoms with van der Waals surface area (Å²) in [5, 5.41) is 10.2. The molecule has 2 rings (SSSR count). The van der Waals surface area contributed by atoms with Crippen LogP contribution in [0, 0.1) is 0 Å². The summed E-state index contributed by atoms with van der Waals surface area (Å²) in [6.07, 6.45) is 2.36. The van der Waals surface area contributed by atoms with Gasteiger partial charge in [-0.2, -0.15) is 0 Å².